The van der Waals surface area contributed by atoms with Crippen LogP contribution in [-0.2, 0) is 11.2 Å². The van der Waals surface area contributed by atoms with Crippen molar-refractivity contribution in [2.24, 2.45) is 0 Å². The zero-order chi connectivity index (χ0) is 15.9. The van der Waals surface area contributed by atoms with Crippen LogP contribution in [-0.4, -0.2) is 42.0 Å². The Balaban J connectivity index is 1.74. The van der Waals surface area contributed by atoms with Gasteiger partial charge in [0.2, 0.25) is 5.91 Å². The van der Waals surface area contributed by atoms with E-state index in [2.05, 4.69) is 22.1 Å². The average Bonchev–Trinajstić information content (AvgIpc) is 2.99. The van der Waals surface area contributed by atoms with E-state index in [1.54, 1.807) is 18.3 Å². The molecule has 0 radical (unpaired) electrons. The molecular weight excluding hydrogens is 298 g/mol. The number of hydrogen-bond acceptors (Lipinski definition) is 3. The summed E-state index contributed by atoms with van der Waals surface area (Å²) < 4.78 is 0. The van der Waals surface area contributed by atoms with Crippen molar-refractivity contribution in [3.63, 3.8) is 0 Å². The van der Waals surface area contributed by atoms with E-state index < -0.39 is 6.04 Å². The molecule has 5 nitrogen and oxygen atoms in total. The highest BCUT2D eigenvalue weighted by Gasteiger charge is 2.23. The lowest BCUT2D eigenvalue weighted by molar-refractivity contribution is -0.133. The standard InChI is InChI=1S/C16H25N3O2S/c1-12(10-14-6-9-22-11-14)17-16(21)18-13(2)15(20)19-7-4-3-5-8-19/h6,9,11-13H,3-5,7-8,10H2,1-2H3,(H2,17,18,21). The summed E-state index contributed by atoms with van der Waals surface area (Å²) in [4.78, 5) is 26.1. The average molecular weight is 323 g/mol. The molecule has 0 aromatic carbocycles. The third-order valence-electron chi connectivity index (χ3n) is 3.89. The fraction of sp³-hybridized carbons (Fsp3) is 0.625. The molecule has 22 heavy (non-hydrogen) atoms. The first kappa shape index (κ1) is 16.8. The van der Waals surface area contributed by atoms with E-state index >= 15 is 0 Å². The third-order valence-corrected chi connectivity index (χ3v) is 4.62. The second-order valence-corrected chi connectivity index (χ2v) is 6.74. The summed E-state index contributed by atoms with van der Waals surface area (Å²) in [5.41, 5.74) is 1.22. The lowest BCUT2D eigenvalue weighted by Gasteiger charge is -2.29. The Bertz CT molecular complexity index is 484. The molecule has 122 valence electrons. The smallest absolute Gasteiger partial charge is 0.315 e. The molecule has 1 aromatic heterocycles. The highest BCUT2D eigenvalue weighted by molar-refractivity contribution is 7.07. The number of nitrogens with one attached hydrogen (secondary N) is 2. The van der Waals surface area contributed by atoms with Crippen LogP contribution < -0.4 is 10.6 Å². The minimum Gasteiger partial charge on any atom is -0.341 e. The number of urea groups is 1. The molecule has 1 saturated heterocycles. The fourth-order valence-electron chi connectivity index (χ4n) is 2.73. The number of thiophene rings is 1. The van der Waals surface area contributed by atoms with E-state index in [4.69, 9.17) is 0 Å². The van der Waals surface area contributed by atoms with Gasteiger partial charge in [0.05, 0.1) is 0 Å². The van der Waals surface area contributed by atoms with E-state index in [1.165, 1.54) is 12.0 Å². The molecule has 6 heteroatoms. The summed E-state index contributed by atoms with van der Waals surface area (Å²) in [6.07, 6.45) is 4.10. The van der Waals surface area contributed by atoms with Gasteiger partial charge in [0.25, 0.3) is 0 Å². The van der Waals surface area contributed by atoms with E-state index in [1.807, 2.05) is 17.2 Å². The Labute approximate surface area is 136 Å². The van der Waals surface area contributed by atoms with Crippen molar-refractivity contribution < 1.29 is 9.59 Å². The molecule has 0 saturated carbocycles. The monoisotopic (exact) mass is 323 g/mol. The highest BCUT2D eigenvalue weighted by Crippen LogP contribution is 2.10. The second kappa shape index (κ2) is 8.17. The largest absolute Gasteiger partial charge is 0.341 e. The molecule has 1 aliphatic heterocycles. The maximum atomic E-state index is 12.3. The molecule has 2 atom stereocenters. The van der Waals surface area contributed by atoms with Gasteiger partial charge < -0.3 is 15.5 Å². The topological polar surface area (TPSA) is 61.4 Å². The summed E-state index contributed by atoms with van der Waals surface area (Å²) in [7, 11) is 0. The van der Waals surface area contributed by atoms with Gasteiger partial charge in [0, 0.05) is 19.1 Å². The number of piperidine rings is 1. The van der Waals surface area contributed by atoms with Gasteiger partial charge in [0.1, 0.15) is 6.04 Å². The zero-order valence-electron chi connectivity index (χ0n) is 13.3. The van der Waals surface area contributed by atoms with E-state index in [9.17, 15) is 9.59 Å². The second-order valence-electron chi connectivity index (χ2n) is 5.96. The molecule has 2 rings (SSSR count). The SMILES string of the molecule is CC(Cc1ccsc1)NC(=O)NC(C)C(=O)N1CCCCC1. The Morgan fingerprint density at radius 2 is 1.95 bits per heavy atom. The Hall–Kier alpha value is -1.56. The first-order chi connectivity index (χ1) is 10.6. The molecule has 2 N–H and O–H groups in total. The molecule has 2 heterocycles. The fourth-order valence-corrected chi connectivity index (χ4v) is 3.41. The summed E-state index contributed by atoms with van der Waals surface area (Å²) >= 11 is 1.65. The number of likely N-dealkylation sites (tertiary alicyclic amines) is 1. The predicted molar refractivity (Wildman–Crippen MR) is 89.0 cm³/mol. The summed E-state index contributed by atoms with van der Waals surface area (Å²) in [5.74, 6) is 0.0142. The lowest BCUT2D eigenvalue weighted by atomic mass is 10.1. The van der Waals surface area contributed by atoms with Crippen LogP contribution in [0.4, 0.5) is 4.79 Å². The molecule has 1 aromatic rings. The maximum Gasteiger partial charge on any atom is 0.315 e. The Morgan fingerprint density at radius 1 is 1.23 bits per heavy atom. The maximum absolute atomic E-state index is 12.3. The number of nitrogens with zero attached hydrogens (tertiary/aromatic N) is 1. The van der Waals surface area contributed by atoms with E-state index in [0.29, 0.717) is 0 Å². The number of carbonyl (C=O) groups excluding carboxylic acids is 2. The van der Waals surface area contributed by atoms with Crippen LogP contribution in [0.1, 0.15) is 38.7 Å². The van der Waals surface area contributed by atoms with Crippen molar-refractivity contribution in [2.45, 2.75) is 51.6 Å². The van der Waals surface area contributed by atoms with Gasteiger partial charge >= 0.3 is 6.03 Å². The van der Waals surface area contributed by atoms with Gasteiger partial charge in [-0.1, -0.05) is 0 Å². The van der Waals surface area contributed by atoms with Crippen molar-refractivity contribution in [1.82, 2.24) is 15.5 Å². The van der Waals surface area contributed by atoms with Crippen LogP contribution in [0.3, 0.4) is 0 Å². The zero-order valence-corrected chi connectivity index (χ0v) is 14.1. The predicted octanol–water partition coefficient (Wildman–Crippen LogP) is 2.38. The molecular formula is C16H25N3O2S. The molecule has 1 aliphatic rings. The first-order valence-electron chi connectivity index (χ1n) is 7.93. The molecule has 2 unspecified atom stereocenters. The third kappa shape index (κ3) is 5.02. The Kier molecular flexibility index (Phi) is 6.24. The van der Waals surface area contributed by atoms with Crippen LogP contribution >= 0.6 is 11.3 Å². The van der Waals surface area contributed by atoms with Gasteiger partial charge in [-0.2, -0.15) is 11.3 Å². The first-order valence-corrected chi connectivity index (χ1v) is 8.87. The van der Waals surface area contributed by atoms with Crippen LogP contribution in [0.5, 0.6) is 0 Å². The van der Waals surface area contributed by atoms with Crippen LogP contribution in [0, 0.1) is 0 Å². The lowest BCUT2D eigenvalue weighted by Crippen LogP contribution is -2.52. The quantitative estimate of drug-likeness (QED) is 0.874. The number of rotatable bonds is 5. The highest BCUT2D eigenvalue weighted by atomic mass is 32.1. The van der Waals surface area contributed by atoms with Crippen molar-refractivity contribution >= 4 is 23.3 Å². The van der Waals surface area contributed by atoms with E-state index in [-0.39, 0.29) is 18.0 Å². The van der Waals surface area contributed by atoms with Crippen molar-refractivity contribution in [1.29, 1.82) is 0 Å². The normalized spacial score (nSPS) is 17.6. The molecule has 3 amide bonds. The van der Waals surface area contributed by atoms with Crippen molar-refractivity contribution in [3.8, 4) is 0 Å². The molecule has 1 fully saturated rings. The molecule has 0 aliphatic carbocycles. The Morgan fingerprint density at radius 3 is 2.59 bits per heavy atom. The minimum absolute atomic E-state index is 0.0142. The number of amides is 3. The van der Waals surface area contributed by atoms with Crippen LogP contribution in [0.15, 0.2) is 16.8 Å². The van der Waals surface area contributed by atoms with Gasteiger partial charge in [0.15, 0.2) is 0 Å². The number of carbonyl (C=O) groups is 2. The van der Waals surface area contributed by atoms with Crippen LogP contribution in [0.25, 0.3) is 0 Å². The van der Waals surface area contributed by atoms with Crippen LogP contribution in [0.2, 0.25) is 0 Å². The summed E-state index contributed by atoms with van der Waals surface area (Å²) in [6, 6.07) is 1.34. The molecule has 0 spiro atoms. The van der Waals surface area contributed by atoms with Gasteiger partial charge in [-0.3, -0.25) is 4.79 Å². The van der Waals surface area contributed by atoms with Crippen molar-refractivity contribution in [2.75, 3.05) is 13.1 Å². The van der Waals surface area contributed by atoms with Gasteiger partial charge in [-0.05, 0) is 61.9 Å². The summed E-state index contributed by atoms with van der Waals surface area (Å²) in [6.45, 7) is 5.33. The van der Waals surface area contributed by atoms with E-state index in [0.717, 1.165) is 32.4 Å². The summed E-state index contributed by atoms with van der Waals surface area (Å²) in [5, 5.41) is 9.75. The molecule has 0 bridgehead atoms. The minimum atomic E-state index is -0.480. The van der Waals surface area contributed by atoms with Crippen molar-refractivity contribution in [3.05, 3.63) is 22.4 Å². The van der Waals surface area contributed by atoms with Gasteiger partial charge in [-0.15, -0.1) is 0 Å². The number of hydrogen-bond donors (Lipinski definition) is 2. The van der Waals surface area contributed by atoms with Gasteiger partial charge in [-0.25, -0.2) is 4.79 Å².